The summed E-state index contributed by atoms with van der Waals surface area (Å²) in [7, 11) is 1.56. The van der Waals surface area contributed by atoms with Gasteiger partial charge in [0.15, 0.2) is 11.5 Å². The molecule has 27 heavy (non-hydrogen) atoms. The largest absolute Gasteiger partial charge is 0.495 e. The summed E-state index contributed by atoms with van der Waals surface area (Å²) in [6.07, 6.45) is 0.0977. The van der Waals surface area contributed by atoms with E-state index in [0.717, 1.165) is 5.56 Å². The third kappa shape index (κ3) is 3.28. The molecule has 0 N–H and O–H groups in total. The van der Waals surface area contributed by atoms with Gasteiger partial charge in [0, 0.05) is 19.0 Å². The monoisotopic (exact) mass is 369 g/mol. The Morgan fingerprint density at radius 3 is 2.78 bits per heavy atom. The van der Waals surface area contributed by atoms with Crippen LogP contribution in [0.25, 0.3) is 0 Å². The highest BCUT2D eigenvalue weighted by Crippen LogP contribution is 2.37. The Hall–Kier alpha value is -3.22. The molecule has 0 radical (unpaired) electrons. The first-order chi connectivity index (χ1) is 13.0. The van der Waals surface area contributed by atoms with E-state index in [0.29, 0.717) is 28.7 Å². The van der Waals surface area contributed by atoms with Gasteiger partial charge in [0.05, 0.1) is 18.7 Å². The topological polar surface area (TPSA) is 74.3 Å². The second-order valence-electron chi connectivity index (χ2n) is 6.52. The highest BCUT2D eigenvalue weighted by molar-refractivity contribution is 6.00. The normalized spacial score (nSPS) is 17.9. The minimum Gasteiger partial charge on any atom is -0.495 e. The molecule has 0 saturated carbocycles. The van der Waals surface area contributed by atoms with Crippen LogP contribution in [0.15, 0.2) is 36.4 Å². The zero-order valence-electron chi connectivity index (χ0n) is 15.1. The number of fused-ring (bicyclic) bond motifs is 1. The number of rotatable bonds is 4. The fraction of sp³-hybridized carbons (Fsp3) is 0.300. The van der Waals surface area contributed by atoms with Gasteiger partial charge in [-0.05, 0) is 36.8 Å². The summed E-state index contributed by atoms with van der Waals surface area (Å²) in [6.45, 7) is 2.34. The van der Waals surface area contributed by atoms with Gasteiger partial charge in [-0.1, -0.05) is 6.07 Å². The Morgan fingerprint density at radius 2 is 1.96 bits per heavy atom. The third-order valence-corrected chi connectivity index (χ3v) is 4.65. The van der Waals surface area contributed by atoms with E-state index in [1.165, 1.54) is 0 Å². The standard InChI is InChI=1S/C20H19NO6/c1-12-3-5-16(24-2)15(7-12)21-10-13(8-19(21)22)20(23)27-14-4-6-17-18(9-14)26-11-25-17/h3-7,9,13H,8,10-11H2,1-2H3/t13-/m0/s1. The molecule has 1 amide bonds. The van der Waals surface area contributed by atoms with Crippen LogP contribution < -0.4 is 23.8 Å². The van der Waals surface area contributed by atoms with Crippen molar-refractivity contribution in [2.24, 2.45) is 5.92 Å². The average molecular weight is 369 g/mol. The zero-order valence-corrected chi connectivity index (χ0v) is 15.1. The van der Waals surface area contributed by atoms with Crippen molar-refractivity contribution in [3.05, 3.63) is 42.0 Å². The fourth-order valence-electron chi connectivity index (χ4n) is 3.25. The van der Waals surface area contributed by atoms with Gasteiger partial charge >= 0.3 is 5.97 Å². The van der Waals surface area contributed by atoms with Crippen molar-refractivity contribution in [3.63, 3.8) is 0 Å². The number of nitrogens with zero attached hydrogens (tertiary/aromatic N) is 1. The van der Waals surface area contributed by atoms with Crippen LogP contribution in [0.5, 0.6) is 23.0 Å². The molecule has 0 aliphatic carbocycles. The summed E-state index contributed by atoms with van der Waals surface area (Å²) >= 11 is 0. The lowest BCUT2D eigenvalue weighted by Gasteiger charge is -2.20. The van der Waals surface area contributed by atoms with Gasteiger partial charge in [-0.3, -0.25) is 9.59 Å². The molecule has 2 aliphatic rings. The number of carbonyl (C=O) groups excluding carboxylic acids is 2. The van der Waals surface area contributed by atoms with Crippen LogP contribution in [0, 0.1) is 12.8 Å². The number of amides is 1. The SMILES string of the molecule is COc1ccc(C)cc1N1C[C@@H](C(=O)Oc2ccc3c(c2)OCO3)CC1=O. The summed E-state index contributed by atoms with van der Waals surface area (Å²) in [5, 5.41) is 0. The molecule has 0 bridgehead atoms. The number of ether oxygens (including phenoxy) is 4. The van der Waals surface area contributed by atoms with Gasteiger partial charge in [0.2, 0.25) is 12.7 Å². The number of hydrogen-bond acceptors (Lipinski definition) is 6. The minimum absolute atomic E-state index is 0.0977. The highest BCUT2D eigenvalue weighted by atomic mass is 16.7. The van der Waals surface area contributed by atoms with E-state index in [1.807, 2.05) is 25.1 Å². The van der Waals surface area contributed by atoms with Crippen molar-refractivity contribution in [2.75, 3.05) is 25.3 Å². The molecule has 2 aromatic carbocycles. The van der Waals surface area contributed by atoms with Crippen LogP contribution >= 0.6 is 0 Å². The maximum absolute atomic E-state index is 12.6. The second kappa shape index (κ2) is 6.83. The van der Waals surface area contributed by atoms with E-state index in [2.05, 4.69) is 0 Å². The first-order valence-corrected chi connectivity index (χ1v) is 8.61. The van der Waals surface area contributed by atoms with E-state index in [9.17, 15) is 9.59 Å². The molecule has 1 saturated heterocycles. The van der Waals surface area contributed by atoms with E-state index in [-0.39, 0.29) is 25.7 Å². The van der Waals surface area contributed by atoms with Gasteiger partial charge < -0.3 is 23.8 Å². The maximum Gasteiger partial charge on any atom is 0.316 e. The second-order valence-corrected chi connectivity index (χ2v) is 6.52. The first-order valence-electron chi connectivity index (χ1n) is 8.61. The van der Waals surface area contributed by atoms with E-state index >= 15 is 0 Å². The van der Waals surface area contributed by atoms with Gasteiger partial charge in [-0.15, -0.1) is 0 Å². The Balaban J connectivity index is 1.49. The van der Waals surface area contributed by atoms with Crippen LogP contribution in [-0.4, -0.2) is 32.3 Å². The average Bonchev–Trinajstić information content (AvgIpc) is 3.27. The molecule has 7 heteroatoms. The molecule has 2 aromatic rings. The number of methoxy groups -OCH3 is 1. The van der Waals surface area contributed by atoms with Gasteiger partial charge in [0.1, 0.15) is 11.5 Å². The lowest BCUT2D eigenvalue weighted by Crippen LogP contribution is -2.27. The summed E-state index contributed by atoms with van der Waals surface area (Å²) in [5.74, 6) is 0.982. The zero-order chi connectivity index (χ0) is 19.0. The van der Waals surface area contributed by atoms with Crippen LogP contribution in [-0.2, 0) is 9.59 Å². The van der Waals surface area contributed by atoms with Crippen molar-refractivity contribution < 1.29 is 28.5 Å². The van der Waals surface area contributed by atoms with Crippen LogP contribution in [0.4, 0.5) is 5.69 Å². The predicted octanol–water partition coefficient (Wildman–Crippen LogP) is 2.69. The number of aryl methyl sites for hydroxylation is 1. The summed E-state index contributed by atoms with van der Waals surface area (Å²) in [6, 6.07) is 10.5. The van der Waals surface area contributed by atoms with Crippen LogP contribution in [0.2, 0.25) is 0 Å². The predicted molar refractivity (Wildman–Crippen MR) is 96.4 cm³/mol. The molecule has 0 unspecified atom stereocenters. The van der Waals surface area contributed by atoms with Crippen molar-refractivity contribution >= 4 is 17.6 Å². The molecule has 0 aromatic heterocycles. The van der Waals surface area contributed by atoms with Gasteiger partial charge in [0.25, 0.3) is 0 Å². The van der Waals surface area contributed by atoms with Gasteiger partial charge in [-0.25, -0.2) is 0 Å². The van der Waals surface area contributed by atoms with Gasteiger partial charge in [-0.2, -0.15) is 0 Å². The molecule has 7 nitrogen and oxygen atoms in total. The Kier molecular flexibility index (Phi) is 4.35. The van der Waals surface area contributed by atoms with E-state index < -0.39 is 11.9 Å². The quantitative estimate of drug-likeness (QED) is 0.609. The number of benzene rings is 2. The smallest absolute Gasteiger partial charge is 0.316 e. The summed E-state index contributed by atoms with van der Waals surface area (Å²) in [4.78, 5) is 26.6. The molecule has 140 valence electrons. The molecule has 1 fully saturated rings. The van der Waals surface area contributed by atoms with Crippen molar-refractivity contribution in [1.82, 2.24) is 0 Å². The first kappa shape index (κ1) is 17.2. The third-order valence-electron chi connectivity index (χ3n) is 4.65. The molecule has 4 rings (SSSR count). The molecule has 2 heterocycles. The van der Waals surface area contributed by atoms with Crippen molar-refractivity contribution in [1.29, 1.82) is 0 Å². The van der Waals surface area contributed by atoms with E-state index in [1.54, 1.807) is 30.2 Å². The fourth-order valence-corrected chi connectivity index (χ4v) is 3.25. The van der Waals surface area contributed by atoms with Crippen LogP contribution in [0.3, 0.4) is 0 Å². The Bertz CT molecular complexity index is 909. The van der Waals surface area contributed by atoms with Crippen LogP contribution in [0.1, 0.15) is 12.0 Å². The Morgan fingerprint density at radius 1 is 1.15 bits per heavy atom. The minimum atomic E-state index is -0.548. The summed E-state index contributed by atoms with van der Waals surface area (Å²) in [5.41, 5.74) is 1.67. The van der Waals surface area contributed by atoms with Crippen molar-refractivity contribution in [2.45, 2.75) is 13.3 Å². The number of hydrogen-bond donors (Lipinski definition) is 0. The molecule has 2 aliphatic heterocycles. The number of esters is 1. The lowest BCUT2D eigenvalue weighted by atomic mass is 10.1. The maximum atomic E-state index is 12.6. The number of anilines is 1. The molecule has 0 spiro atoms. The molecule has 1 atom stereocenters. The van der Waals surface area contributed by atoms with Crippen molar-refractivity contribution in [3.8, 4) is 23.0 Å². The Labute approximate surface area is 156 Å². The lowest BCUT2D eigenvalue weighted by molar-refractivity contribution is -0.139. The number of carbonyl (C=O) groups is 2. The molecular weight excluding hydrogens is 350 g/mol. The summed E-state index contributed by atoms with van der Waals surface area (Å²) < 4.78 is 21.3. The van der Waals surface area contributed by atoms with E-state index in [4.69, 9.17) is 18.9 Å². The highest BCUT2D eigenvalue weighted by Gasteiger charge is 2.37. The molecular formula is C20H19NO6.